The molecule has 43 heavy (non-hydrogen) atoms. The third-order valence-electron chi connectivity index (χ3n) is 6.83. The normalized spacial score (nSPS) is 13.1. The molecular weight excluding hydrogens is 548 g/mol. The number of amides is 3. The maximum absolute atomic E-state index is 13.0. The second-order valence-corrected chi connectivity index (χ2v) is 10.6. The molecule has 0 saturated heterocycles. The number of aliphatic hydroxyl groups excluding tert-OH is 3. The SMILES string of the molecule is O=C(CN(CC(=O)N[C@H](CO)Cc1ccccc1)CC(=O)N[C@H](CO)Cc1ccccc1)N[C@H](CO)Cc1ccccc1. The van der Waals surface area contributed by atoms with Crippen LogP contribution in [0.15, 0.2) is 91.0 Å². The molecule has 0 aliphatic carbocycles. The summed E-state index contributed by atoms with van der Waals surface area (Å²) in [7, 11) is 0. The molecule has 10 nitrogen and oxygen atoms in total. The van der Waals surface area contributed by atoms with E-state index in [0.717, 1.165) is 16.7 Å². The summed E-state index contributed by atoms with van der Waals surface area (Å²) in [4.78, 5) is 40.4. The van der Waals surface area contributed by atoms with E-state index in [0.29, 0.717) is 19.3 Å². The molecule has 3 amide bonds. The van der Waals surface area contributed by atoms with Gasteiger partial charge < -0.3 is 31.3 Å². The molecule has 0 aliphatic heterocycles. The number of rotatable bonds is 18. The van der Waals surface area contributed by atoms with Crippen LogP contribution in [0, 0.1) is 0 Å². The molecule has 0 fully saturated rings. The molecule has 0 spiro atoms. The van der Waals surface area contributed by atoms with Gasteiger partial charge in [0.2, 0.25) is 17.7 Å². The molecule has 3 atom stereocenters. The van der Waals surface area contributed by atoms with Crippen LogP contribution in [0.2, 0.25) is 0 Å². The minimum Gasteiger partial charge on any atom is -0.394 e. The highest BCUT2D eigenvalue weighted by Gasteiger charge is 2.23. The quantitative estimate of drug-likeness (QED) is 0.126. The van der Waals surface area contributed by atoms with Crippen molar-refractivity contribution >= 4 is 17.7 Å². The second kappa shape index (κ2) is 18.4. The van der Waals surface area contributed by atoms with Crippen molar-refractivity contribution in [3.63, 3.8) is 0 Å². The molecule has 3 aromatic rings. The lowest BCUT2D eigenvalue weighted by atomic mass is 10.1. The summed E-state index contributed by atoms with van der Waals surface area (Å²) in [5.41, 5.74) is 2.83. The van der Waals surface area contributed by atoms with Crippen LogP contribution in [-0.4, -0.2) is 95.5 Å². The first-order valence-electron chi connectivity index (χ1n) is 14.4. The van der Waals surface area contributed by atoms with E-state index >= 15 is 0 Å². The summed E-state index contributed by atoms with van der Waals surface area (Å²) in [5.74, 6) is -1.37. The zero-order valence-electron chi connectivity index (χ0n) is 24.3. The van der Waals surface area contributed by atoms with Gasteiger partial charge in [-0.25, -0.2) is 0 Å². The fourth-order valence-electron chi connectivity index (χ4n) is 4.78. The summed E-state index contributed by atoms with van der Waals surface area (Å²) < 4.78 is 0. The molecule has 3 aromatic carbocycles. The third-order valence-corrected chi connectivity index (χ3v) is 6.83. The Morgan fingerprint density at radius 1 is 0.488 bits per heavy atom. The number of nitrogens with one attached hydrogen (secondary N) is 3. The Morgan fingerprint density at radius 2 is 0.744 bits per heavy atom. The minimum atomic E-state index is -0.548. The molecule has 0 radical (unpaired) electrons. The molecular formula is C33H42N4O6. The lowest BCUT2D eigenvalue weighted by Crippen LogP contribution is -2.52. The van der Waals surface area contributed by atoms with Crippen LogP contribution < -0.4 is 16.0 Å². The molecule has 10 heteroatoms. The van der Waals surface area contributed by atoms with E-state index in [1.165, 1.54) is 4.90 Å². The molecule has 0 heterocycles. The molecule has 3 rings (SSSR count). The van der Waals surface area contributed by atoms with Crippen molar-refractivity contribution < 1.29 is 29.7 Å². The molecule has 0 aromatic heterocycles. The largest absolute Gasteiger partial charge is 0.394 e. The Labute approximate surface area is 252 Å². The fourth-order valence-corrected chi connectivity index (χ4v) is 4.78. The highest BCUT2D eigenvalue weighted by Crippen LogP contribution is 2.06. The molecule has 6 N–H and O–H groups in total. The fraction of sp³-hybridized carbons (Fsp3) is 0.364. The van der Waals surface area contributed by atoms with Gasteiger partial charge in [-0.2, -0.15) is 0 Å². The van der Waals surface area contributed by atoms with Crippen molar-refractivity contribution in [2.45, 2.75) is 37.4 Å². The van der Waals surface area contributed by atoms with Crippen LogP contribution in [0.5, 0.6) is 0 Å². The molecule has 0 aliphatic rings. The van der Waals surface area contributed by atoms with Gasteiger partial charge in [-0.15, -0.1) is 0 Å². The number of hydrogen-bond acceptors (Lipinski definition) is 7. The number of carbonyl (C=O) groups excluding carboxylic acids is 3. The van der Waals surface area contributed by atoms with Crippen molar-refractivity contribution in [2.75, 3.05) is 39.5 Å². The van der Waals surface area contributed by atoms with E-state index in [-0.39, 0.29) is 39.5 Å². The van der Waals surface area contributed by atoms with E-state index in [1.807, 2.05) is 91.0 Å². The summed E-state index contributed by atoms with van der Waals surface area (Å²) in [6.45, 7) is -1.68. The number of nitrogens with zero attached hydrogens (tertiary/aromatic N) is 1. The van der Waals surface area contributed by atoms with Gasteiger partial charge in [0.1, 0.15) is 0 Å². The molecule has 0 saturated carbocycles. The molecule has 0 bridgehead atoms. The Kier molecular flexibility index (Phi) is 14.3. The van der Waals surface area contributed by atoms with E-state index in [2.05, 4.69) is 16.0 Å². The van der Waals surface area contributed by atoms with Gasteiger partial charge in [0.05, 0.1) is 57.6 Å². The first-order chi connectivity index (χ1) is 20.9. The van der Waals surface area contributed by atoms with Gasteiger partial charge >= 0.3 is 0 Å². The van der Waals surface area contributed by atoms with Crippen LogP contribution in [-0.2, 0) is 33.6 Å². The summed E-state index contributed by atoms with van der Waals surface area (Å²) in [6.07, 6.45) is 1.25. The van der Waals surface area contributed by atoms with Crippen molar-refractivity contribution in [2.24, 2.45) is 0 Å². The smallest absolute Gasteiger partial charge is 0.234 e. The average molecular weight is 591 g/mol. The number of aliphatic hydroxyl groups is 3. The van der Waals surface area contributed by atoms with Gasteiger partial charge in [0, 0.05) is 0 Å². The van der Waals surface area contributed by atoms with E-state index in [9.17, 15) is 29.7 Å². The predicted molar refractivity (Wildman–Crippen MR) is 164 cm³/mol. The van der Waals surface area contributed by atoms with E-state index < -0.39 is 35.8 Å². The first-order valence-corrected chi connectivity index (χ1v) is 14.4. The van der Waals surface area contributed by atoms with Crippen molar-refractivity contribution in [3.8, 4) is 0 Å². The second-order valence-electron chi connectivity index (χ2n) is 10.6. The maximum Gasteiger partial charge on any atom is 0.234 e. The highest BCUT2D eigenvalue weighted by molar-refractivity contribution is 5.84. The van der Waals surface area contributed by atoms with E-state index in [4.69, 9.17) is 0 Å². The summed E-state index contributed by atoms with van der Waals surface area (Å²) in [5, 5.41) is 37.9. The minimum absolute atomic E-state index is 0.281. The number of carbonyl (C=O) groups is 3. The average Bonchev–Trinajstić information content (AvgIpc) is 3.01. The molecule has 230 valence electrons. The zero-order valence-corrected chi connectivity index (χ0v) is 24.3. The maximum atomic E-state index is 13.0. The van der Waals surface area contributed by atoms with Crippen LogP contribution in [0.3, 0.4) is 0 Å². The third kappa shape index (κ3) is 12.8. The van der Waals surface area contributed by atoms with Crippen LogP contribution in [0.25, 0.3) is 0 Å². The van der Waals surface area contributed by atoms with Crippen molar-refractivity contribution in [1.29, 1.82) is 0 Å². The predicted octanol–water partition coefficient (Wildman–Crippen LogP) is 0.448. The monoisotopic (exact) mass is 590 g/mol. The van der Waals surface area contributed by atoms with Gasteiger partial charge in [0.25, 0.3) is 0 Å². The van der Waals surface area contributed by atoms with Crippen LogP contribution in [0.4, 0.5) is 0 Å². The zero-order chi connectivity index (χ0) is 30.9. The summed E-state index contributed by atoms with van der Waals surface area (Å²) in [6, 6.07) is 26.6. The van der Waals surface area contributed by atoms with Gasteiger partial charge in [-0.1, -0.05) is 91.0 Å². The Morgan fingerprint density at radius 3 is 0.977 bits per heavy atom. The lowest BCUT2D eigenvalue weighted by Gasteiger charge is -2.25. The van der Waals surface area contributed by atoms with Crippen molar-refractivity contribution in [1.82, 2.24) is 20.9 Å². The topological polar surface area (TPSA) is 151 Å². The Hall–Kier alpha value is -4.09. The number of benzene rings is 3. The Balaban J connectivity index is 1.64. The van der Waals surface area contributed by atoms with Gasteiger partial charge in [-0.05, 0) is 36.0 Å². The number of hydrogen-bond donors (Lipinski definition) is 6. The van der Waals surface area contributed by atoms with E-state index in [1.54, 1.807) is 0 Å². The van der Waals surface area contributed by atoms with Gasteiger partial charge in [-0.3, -0.25) is 19.3 Å². The summed E-state index contributed by atoms with van der Waals surface area (Å²) >= 11 is 0. The highest BCUT2D eigenvalue weighted by atomic mass is 16.3. The first kappa shape index (κ1) is 33.4. The van der Waals surface area contributed by atoms with Crippen LogP contribution >= 0.6 is 0 Å². The van der Waals surface area contributed by atoms with Crippen molar-refractivity contribution in [3.05, 3.63) is 108 Å². The van der Waals surface area contributed by atoms with Crippen LogP contribution in [0.1, 0.15) is 16.7 Å². The van der Waals surface area contributed by atoms with Gasteiger partial charge in [0.15, 0.2) is 0 Å². The standard InChI is InChI=1S/C33H42N4O6/c38-22-28(16-25-10-4-1-5-11-25)34-31(41)19-37(20-32(42)35-29(23-39)17-26-12-6-2-7-13-26)21-33(43)36-30(24-40)18-27-14-8-3-9-15-27/h1-15,28-30,38-40H,16-24H2,(H,34,41)(H,35,42)(H,36,43)/t28-,29-,30-/m0/s1. The lowest BCUT2D eigenvalue weighted by molar-refractivity contribution is -0.128. The Bertz CT molecular complexity index is 1090. The molecule has 0 unspecified atom stereocenters.